The van der Waals surface area contributed by atoms with Gasteiger partial charge >= 0.3 is 0 Å². The quantitative estimate of drug-likeness (QED) is 0.607. The Morgan fingerprint density at radius 1 is 1.20 bits per heavy atom. The molecule has 0 unspecified atom stereocenters. The average molecular weight is 417 g/mol. The monoisotopic (exact) mass is 417 g/mol. The van der Waals surface area contributed by atoms with Crippen LogP contribution < -0.4 is 4.74 Å². The number of likely N-dealkylation sites (tertiary alicyclic amines) is 1. The summed E-state index contributed by atoms with van der Waals surface area (Å²) in [4.78, 5) is 2.37. The third-order valence-corrected chi connectivity index (χ3v) is 5.98. The Morgan fingerprint density at radius 3 is 2.90 bits per heavy atom. The van der Waals surface area contributed by atoms with Crippen LogP contribution in [-0.4, -0.2) is 46.8 Å². The minimum absolute atomic E-state index is 0.111. The first-order valence-electron chi connectivity index (χ1n) is 10.5. The number of fused-ring (bicyclic) bond motifs is 2. The normalized spacial score (nSPS) is 18.2. The fourth-order valence-corrected chi connectivity index (χ4v) is 4.39. The van der Waals surface area contributed by atoms with Crippen molar-refractivity contribution in [2.45, 2.75) is 51.5 Å². The molecule has 30 heavy (non-hydrogen) atoms. The lowest BCUT2D eigenvalue weighted by atomic mass is 10.1. The number of alkyl halides is 2. The van der Waals surface area contributed by atoms with Crippen LogP contribution in [0.25, 0.3) is 10.9 Å². The van der Waals surface area contributed by atoms with Crippen LogP contribution in [-0.2, 0) is 30.9 Å². The molecule has 2 aromatic heterocycles. The Kier molecular flexibility index (Phi) is 5.43. The summed E-state index contributed by atoms with van der Waals surface area (Å²) >= 11 is 0. The van der Waals surface area contributed by atoms with Crippen molar-refractivity contribution in [2.24, 2.45) is 0 Å². The summed E-state index contributed by atoms with van der Waals surface area (Å²) in [5.41, 5.74) is 2.87. The SMILES string of the molecule is FC(F)Cn1ccc2c(OC3CCN(Cc4noc5c4COCC5)CC3)cccc21. The van der Waals surface area contributed by atoms with Gasteiger partial charge in [-0.1, -0.05) is 11.2 Å². The maximum atomic E-state index is 12.8. The number of aromatic nitrogens is 2. The minimum Gasteiger partial charge on any atom is -0.490 e. The molecule has 5 rings (SSSR count). The molecule has 0 spiro atoms. The third-order valence-electron chi connectivity index (χ3n) is 5.98. The zero-order valence-corrected chi connectivity index (χ0v) is 16.7. The fraction of sp³-hybridized carbons (Fsp3) is 0.500. The molecule has 160 valence electrons. The Hall–Kier alpha value is -2.45. The summed E-state index contributed by atoms with van der Waals surface area (Å²) in [7, 11) is 0. The number of halogens is 2. The molecule has 1 fully saturated rings. The summed E-state index contributed by atoms with van der Waals surface area (Å²) in [6, 6.07) is 7.50. The summed E-state index contributed by atoms with van der Waals surface area (Å²) in [6.45, 7) is 3.57. The van der Waals surface area contributed by atoms with Crippen LogP contribution in [0.3, 0.4) is 0 Å². The predicted molar refractivity (Wildman–Crippen MR) is 107 cm³/mol. The van der Waals surface area contributed by atoms with Crippen molar-refractivity contribution >= 4 is 10.9 Å². The topological polar surface area (TPSA) is 52.7 Å². The lowest BCUT2D eigenvalue weighted by Gasteiger charge is -2.32. The molecule has 0 bridgehead atoms. The van der Waals surface area contributed by atoms with Crippen molar-refractivity contribution in [1.82, 2.24) is 14.6 Å². The maximum Gasteiger partial charge on any atom is 0.256 e. The molecule has 0 N–H and O–H groups in total. The van der Waals surface area contributed by atoms with E-state index in [2.05, 4.69) is 10.1 Å². The van der Waals surface area contributed by atoms with E-state index in [1.165, 1.54) is 0 Å². The van der Waals surface area contributed by atoms with Crippen LogP contribution in [0.15, 0.2) is 35.0 Å². The fourth-order valence-electron chi connectivity index (χ4n) is 4.39. The second-order valence-electron chi connectivity index (χ2n) is 7.98. The Bertz CT molecular complexity index is 1010. The van der Waals surface area contributed by atoms with Gasteiger partial charge in [-0.05, 0) is 31.0 Å². The molecule has 6 nitrogen and oxygen atoms in total. The molecule has 0 radical (unpaired) electrons. The molecule has 0 aliphatic carbocycles. The third kappa shape index (κ3) is 3.94. The van der Waals surface area contributed by atoms with Gasteiger partial charge in [0.15, 0.2) is 0 Å². The Morgan fingerprint density at radius 2 is 2.07 bits per heavy atom. The molecular formula is C22H25F2N3O3. The van der Waals surface area contributed by atoms with Gasteiger partial charge in [-0.3, -0.25) is 4.90 Å². The van der Waals surface area contributed by atoms with E-state index in [9.17, 15) is 8.78 Å². The van der Waals surface area contributed by atoms with Crippen LogP contribution in [0.5, 0.6) is 5.75 Å². The summed E-state index contributed by atoms with van der Waals surface area (Å²) < 4.78 is 44.5. The Balaban J connectivity index is 1.20. The highest BCUT2D eigenvalue weighted by molar-refractivity contribution is 5.86. The van der Waals surface area contributed by atoms with E-state index in [-0.39, 0.29) is 12.6 Å². The molecule has 0 atom stereocenters. The van der Waals surface area contributed by atoms with Gasteiger partial charge in [0.2, 0.25) is 0 Å². The van der Waals surface area contributed by atoms with Crippen molar-refractivity contribution in [3.63, 3.8) is 0 Å². The van der Waals surface area contributed by atoms with E-state index in [4.69, 9.17) is 14.0 Å². The van der Waals surface area contributed by atoms with Crippen molar-refractivity contribution in [1.29, 1.82) is 0 Å². The van der Waals surface area contributed by atoms with Gasteiger partial charge in [-0.25, -0.2) is 8.78 Å². The standard InChI is InChI=1S/C22H25F2N3O3/c23-22(24)13-27-10-6-16-19(27)2-1-3-20(16)29-15-4-8-26(9-5-15)12-18-17-14-28-11-7-21(17)30-25-18/h1-3,6,10,15,22H,4-5,7-9,11-14H2. The van der Waals surface area contributed by atoms with Gasteiger partial charge in [0.25, 0.3) is 6.43 Å². The highest BCUT2D eigenvalue weighted by Gasteiger charge is 2.25. The highest BCUT2D eigenvalue weighted by Crippen LogP contribution is 2.30. The van der Waals surface area contributed by atoms with Crippen molar-refractivity contribution in [2.75, 3.05) is 19.7 Å². The molecule has 2 aliphatic rings. The van der Waals surface area contributed by atoms with Crippen LogP contribution in [0.4, 0.5) is 8.78 Å². The maximum absolute atomic E-state index is 12.8. The minimum atomic E-state index is -2.38. The zero-order chi connectivity index (χ0) is 20.5. The number of hydrogen-bond donors (Lipinski definition) is 0. The van der Waals surface area contributed by atoms with E-state index in [0.717, 1.165) is 72.6 Å². The summed E-state index contributed by atoms with van der Waals surface area (Å²) in [5.74, 6) is 1.73. The summed E-state index contributed by atoms with van der Waals surface area (Å²) in [5, 5.41) is 5.14. The first-order chi connectivity index (χ1) is 14.7. The molecule has 0 amide bonds. The number of hydrogen-bond acceptors (Lipinski definition) is 5. The number of ether oxygens (including phenoxy) is 2. The zero-order valence-electron chi connectivity index (χ0n) is 16.7. The molecule has 1 aromatic carbocycles. The second kappa shape index (κ2) is 8.35. The number of rotatable bonds is 6. The molecule has 4 heterocycles. The number of nitrogens with zero attached hydrogens (tertiary/aromatic N) is 3. The summed E-state index contributed by atoms with van der Waals surface area (Å²) in [6.07, 6.45) is 2.04. The first kappa shape index (κ1) is 19.5. The molecule has 3 aromatic rings. The Labute approximate surface area is 173 Å². The molecule has 8 heteroatoms. The number of piperidine rings is 1. The van der Waals surface area contributed by atoms with Gasteiger partial charge in [0.05, 0.1) is 25.3 Å². The van der Waals surface area contributed by atoms with Crippen LogP contribution in [0, 0.1) is 0 Å². The smallest absolute Gasteiger partial charge is 0.256 e. The molecule has 2 aliphatic heterocycles. The van der Waals surface area contributed by atoms with E-state index < -0.39 is 6.43 Å². The van der Waals surface area contributed by atoms with Gasteiger partial charge in [0.1, 0.15) is 23.3 Å². The second-order valence-corrected chi connectivity index (χ2v) is 7.98. The largest absolute Gasteiger partial charge is 0.490 e. The van der Waals surface area contributed by atoms with Crippen LogP contribution in [0.2, 0.25) is 0 Å². The average Bonchev–Trinajstić information content (AvgIpc) is 3.34. The van der Waals surface area contributed by atoms with E-state index in [1.807, 2.05) is 24.3 Å². The van der Waals surface area contributed by atoms with Gasteiger partial charge in [-0.2, -0.15) is 0 Å². The molecular weight excluding hydrogens is 392 g/mol. The van der Waals surface area contributed by atoms with Gasteiger partial charge in [0, 0.05) is 43.2 Å². The van der Waals surface area contributed by atoms with Crippen molar-refractivity contribution in [3.05, 3.63) is 47.5 Å². The van der Waals surface area contributed by atoms with Gasteiger partial charge < -0.3 is 18.6 Å². The van der Waals surface area contributed by atoms with Gasteiger partial charge in [-0.15, -0.1) is 0 Å². The number of benzene rings is 1. The van der Waals surface area contributed by atoms with E-state index in [0.29, 0.717) is 13.2 Å². The lowest BCUT2D eigenvalue weighted by molar-refractivity contribution is 0.0935. The first-order valence-corrected chi connectivity index (χ1v) is 10.5. The predicted octanol–water partition coefficient (Wildman–Crippen LogP) is 4.01. The highest BCUT2D eigenvalue weighted by atomic mass is 19.3. The van der Waals surface area contributed by atoms with E-state index in [1.54, 1.807) is 10.8 Å². The van der Waals surface area contributed by atoms with Crippen molar-refractivity contribution < 1.29 is 22.8 Å². The van der Waals surface area contributed by atoms with Crippen LogP contribution >= 0.6 is 0 Å². The van der Waals surface area contributed by atoms with E-state index >= 15 is 0 Å². The van der Waals surface area contributed by atoms with Crippen molar-refractivity contribution in [3.8, 4) is 5.75 Å². The molecule has 1 saturated heterocycles. The lowest BCUT2D eigenvalue weighted by Crippen LogP contribution is -2.38. The van der Waals surface area contributed by atoms with Crippen LogP contribution in [0.1, 0.15) is 29.9 Å². The molecule has 0 saturated carbocycles.